The first kappa shape index (κ1) is 15.3. The maximum Gasteiger partial charge on any atom is 0.187 e. The molecule has 0 aromatic heterocycles. The van der Waals surface area contributed by atoms with Crippen LogP contribution in [0.1, 0.15) is 36.9 Å². The summed E-state index contributed by atoms with van der Waals surface area (Å²) in [5.41, 5.74) is 3.29. The van der Waals surface area contributed by atoms with E-state index in [1.807, 2.05) is 30.3 Å². The number of rotatable bonds is 3. The second-order valence-electron chi connectivity index (χ2n) is 6.04. The van der Waals surface area contributed by atoms with E-state index >= 15 is 0 Å². The van der Waals surface area contributed by atoms with E-state index in [0.717, 1.165) is 46.2 Å². The van der Waals surface area contributed by atoms with Crippen LogP contribution in [0, 0.1) is 0 Å². The maximum absolute atomic E-state index is 6.20. The van der Waals surface area contributed by atoms with Crippen molar-refractivity contribution >= 4 is 17.3 Å². The van der Waals surface area contributed by atoms with Gasteiger partial charge in [0, 0.05) is 23.4 Å². The zero-order chi connectivity index (χ0) is 16.7. The maximum atomic E-state index is 6.20. The van der Waals surface area contributed by atoms with Gasteiger partial charge in [-0.2, -0.15) is 5.10 Å². The second-order valence-corrected chi connectivity index (χ2v) is 6.47. The molecule has 2 aromatic rings. The first-order valence-corrected chi connectivity index (χ1v) is 8.53. The molecule has 24 heavy (non-hydrogen) atoms. The van der Waals surface area contributed by atoms with E-state index in [9.17, 15) is 0 Å². The zero-order valence-corrected chi connectivity index (χ0v) is 14.5. The molecule has 5 heteroatoms. The molecule has 0 saturated heterocycles. The van der Waals surface area contributed by atoms with E-state index in [0.29, 0.717) is 0 Å². The smallest absolute Gasteiger partial charge is 0.187 e. The Bertz CT molecular complexity index is 788. The average molecular weight is 343 g/mol. The lowest BCUT2D eigenvalue weighted by atomic mass is 9.96. The highest BCUT2D eigenvalue weighted by Crippen LogP contribution is 2.44. The minimum Gasteiger partial charge on any atom is -0.497 e. The molecule has 2 aliphatic heterocycles. The SMILES string of the molecule is CC[C@H]1Oc2ccc(Cl)cc2[C@H]2CC(c3ccc(OC)cc3)=NN21. The van der Waals surface area contributed by atoms with Crippen LogP contribution < -0.4 is 9.47 Å². The van der Waals surface area contributed by atoms with Crippen LogP contribution in [-0.2, 0) is 0 Å². The monoisotopic (exact) mass is 342 g/mol. The summed E-state index contributed by atoms with van der Waals surface area (Å²) < 4.78 is 11.3. The van der Waals surface area contributed by atoms with Crippen LogP contribution in [-0.4, -0.2) is 24.1 Å². The molecule has 0 bridgehead atoms. The zero-order valence-electron chi connectivity index (χ0n) is 13.7. The quantitative estimate of drug-likeness (QED) is 0.815. The molecule has 2 atom stereocenters. The number of benzene rings is 2. The van der Waals surface area contributed by atoms with Crippen LogP contribution in [0.4, 0.5) is 0 Å². The summed E-state index contributed by atoms with van der Waals surface area (Å²) >= 11 is 6.20. The molecule has 0 fully saturated rings. The summed E-state index contributed by atoms with van der Waals surface area (Å²) in [6, 6.07) is 14.0. The van der Waals surface area contributed by atoms with E-state index in [1.54, 1.807) is 7.11 Å². The molecule has 2 heterocycles. The first-order chi connectivity index (χ1) is 11.7. The number of methoxy groups -OCH3 is 1. The third kappa shape index (κ3) is 2.51. The van der Waals surface area contributed by atoms with Gasteiger partial charge in [0.1, 0.15) is 11.5 Å². The topological polar surface area (TPSA) is 34.1 Å². The Balaban J connectivity index is 1.70. The van der Waals surface area contributed by atoms with Gasteiger partial charge in [0.2, 0.25) is 0 Å². The highest BCUT2D eigenvalue weighted by Gasteiger charge is 2.39. The lowest BCUT2D eigenvalue weighted by Crippen LogP contribution is -2.39. The molecular weight excluding hydrogens is 324 g/mol. The molecule has 0 saturated carbocycles. The van der Waals surface area contributed by atoms with Gasteiger partial charge in [-0.05, 0) is 48.0 Å². The van der Waals surface area contributed by atoms with Crippen LogP contribution in [0.5, 0.6) is 11.5 Å². The van der Waals surface area contributed by atoms with Crippen LogP contribution in [0.25, 0.3) is 0 Å². The second kappa shape index (κ2) is 6.02. The molecule has 0 unspecified atom stereocenters. The van der Waals surface area contributed by atoms with Crippen LogP contribution in [0.2, 0.25) is 5.02 Å². The number of hydrazone groups is 1. The van der Waals surface area contributed by atoms with Gasteiger partial charge in [0.15, 0.2) is 6.23 Å². The van der Waals surface area contributed by atoms with Crippen molar-refractivity contribution in [1.29, 1.82) is 0 Å². The molecule has 0 amide bonds. The number of ether oxygens (including phenoxy) is 2. The summed E-state index contributed by atoms with van der Waals surface area (Å²) in [6.07, 6.45) is 1.68. The van der Waals surface area contributed by atoms with Crippen molar-refractivity contribution in [3.05, 3.63) is 58.6 Å². The number of fused-ring (bicyclic) bond motifs is 3. The van der Waals surface area contributed by atoms with Crippen molar-refractivity contribution in [3.63, 3.8) is 0 Å². The minimum atomic E-state index is -0.0422. The van der Waals surface area contributed by atoms with Crippen molar-refractivity contribution in [2.75, 3.05) is 7.11 Å². The van der Waals surface area contributed by atoms with E-state index in [1.165, 1.54) is 0 Å². The first-order valence-electron chi connectivity index (χ1n) is 8.16. The van der Waals surface area contributed by atoms with E-state index in [4.69, 9.17) is 26.2 Å². The fourth-order valence-corrected chi connectivity index (χ4v) is 3.54. The Morgan fingerprint density at radius 1 is 1.25 bits per heavy atom. The predicted molar refractivity (Wildman–Crippen MR) is 94.9 cm³/mol. The van der Waals surface area contributed by atoms with Gasteiger partial charge in [-0.1, -0.05) is 18.5 Å². The Kier molecular flexibility index (Phi) is 3.85. The van der Waals surface area contributed by atoms with E-state index in [2.05, 4.69) is 24.1 Å². The largest absolute Gasteiger partial charge is 0.497 e. The van der Waals surface area contributed by atoms with Crippen LogP contribution >= 0.6 is 11.6 Å². The molecular formula is C19H19ClN2O2. The highest BCUT2D eigenvalue weighted by atomic mass is 35.5. The molecule has 2 aromatic carbocycles. The van der Waals surface area contributed by atoms with Gasteiger partial charge in [0.05, 0.1) is 18.9 Å². The van der Waals surface area contributed by atoms with Gasteiger partial charge in [-0.25, -0.2) is 0 Å². The lowest BCUT2D eigenvalue weighted by Gasteiger charge is -2.37. The number of hydrogen-bond donors (Lipinski definition) is 0. The van der Waals surface area contributed by atoms with Crippen molar-refractivity contribution in [2.45, 2.75) is 32.0 Å². The van der Waals surface area contributed by atoms with Gasteiger partial charge in [-0.15, -0.1) is 0 Å². The summed E-state index contributed by atoms with van der Waals surface area (Å²) in [7, 11) is 1.67. The molecule has 2 aliphatic rings. The van der Waals surface area contributed by atoms with E-state index < -0.39 is 0 Å². The fraction of sp³-hybridized carbons (Fsp3) is 0.316. The molecule has 4 rings (SSSR count). The van der Waals surface area contributed by atoms with Crippen molar-refractivity contribution in [1.82, 2.24) is 5.01 Å². The Labute approximate surface area is 146 Å². The van der Waals surface area contributed by atoms with Crippen molar-refractivity contribution in [2.24, 2.45) is 5.10 Å². The Hall–Kier alpha value is -2.20. The standard InChI is InChI=1S/C19H19ClN2O2/c1-3-19-22-17(15-10-13(20)6-9-18(15)24-19)11-16(21-22)12-4-7-14(23-2)8-5-12/h4-10,17,19H,3,11H2,1-2H3/t17-,19-/m1/s1. The summed E-state index contributed by atoms with van der Waals surface area (Å²) in [4.78, 5) is 0. The number of hydrogen-bond acceptors (Lipinski definition) is 4. The third-order valence-corrected chi connectivity index (χ3v) is 4.84. The van der Waals surface area contributed by atoms with Gasteiger partial charge >= 0.3 is 0 Å². The Morgan fingerprint density at radius 3 is 2.75 bits per heavy atom. The molecule has 0 aliphatic carbocycles. The van der Waals surface area contributed by atoms with Crippen LogP contribution in [0.3, 0.4) is 0 Å². The minimum absolute atomic E-state index is 0.0422. The average Bonchev–Trinajstić information content (AvgIpc) is 3.07. The highest BCUT2D eigenvalue weighted by molar-refractivity contribution is 6.30. The van der Waals surface area contributed by atoms with Gasteiger partial charge in [-0.3, -0.25) is 5.01 Å². The normalized spacial score (nSPS) is 21.6. The fourth-order valence-electron chi connectivity index (χ4n) is 3.36. The van der Waals surface area contributed by atoms with Gasteiger partial charge < -0.3 is 9.47 Å². The van der Waals surface area contributed by atoms with Crippen molar-refractivity contribution < 1.29 is 9.47 Å². The summed E-state index contributed by atoms with van der Waals surface area (Å²) in [6.45, 7) is 2.11. The van der Waals surface area contributed by atoms with Gasteiger partial charge in [0.25, 0.3) is 0 Å². The molecule has 0 radical (unpaired) electrons. The predicted octanol–water partition coefficient (Wildman–Crippen LogP) is 4.63. The van der Waals surface area contributed by atoms with Crippen LogP contribution in [0.15, 0.2) is 47.6 Å². The number of halogens is 1. The molecule has 0 spiro atoms. The van der Waals surface area contributed by atoms with Crippen molar-refractivity contribution in [3.8, 4) is 11.5 Å². The molecule has 124 valence electrons. The molecule has 0 N–H and O–H groups in total. The molecule has 4 nitrogen and oxygen atoms in total. The summed E-state index contributed by atoms with van der Waals surface area (Å²) in [5.74, 6) is 1.76. The third-order valence-electron chi connectivity index (χ3n) is 4.60. The lowest BCUT2D eigenvalue weighted by molar-refractivity contribution is -0.0188. The Morgan fingerprint density at radius 2 is 2.04 bits per heavy atom. The van der Waals surface area contributed by atoms with E-state index in [-0.39, 0.29) is 12.3 Å². The summed E-state index contributed by atoms with van der Waals surface area (Å²) in [5, 5.41) is 7.67. The number of nitrogens with zero attached hydrogens (tertiary/aromatic N) is 2.